The van der Waals surface area contributed by atoms with E-state index in [0.29, 0.717) is 28.8 Å². The number of amides is 1. The van der Waals surface area contributed by atoms with E-state index in [9.17, 15) is 4.79 Å². The summed E-state index contributed by atoms with van der Waals surface area (Å²) in [6, 6.07) is 13.4. The van der Waals surface area contributed by atoms with E-state index in [1.165, 1.54) is 27.7 Å². The standard InChI is InChI=1S/C22H24N4O4/c1-14-10-17(15-8-6-5-7-9-15)26-22(23-13-24-26)25(14)21(27)16-11-18(28-2)20(30-4)19(12-16)29-3/h5-9,11-14,17H,10H2,1-4H3. The molecule has 3 aromatic rings. The van der Waals surface area contributed by atoms with Crippen molar-refractivity contribution in [2.75, 3.05) is 26.2 Å². The summed E-state index contributed by atoms with van der Waals surface area (Å²) < 4.78 is 18.0. The Morgan fingerprint density at radius 1 is 1.03 bits per heavy atom. The van der Waals surface area contributed by atoms with E-state index in [1.807, 2.05) is 29.8 Å². The summed E-state index contributed by atoms with van der Waals surface area (Å²) in [5.74, 6) is 1.60. The zero-order valence-electron chi connectivity index (χ0n) is 17.4. The van der Waals surface area contributed by atoms with Crippen LogP contribution in [-0.4, -0.2) is 48.0 Å². The second-order valence-corrected chi connectivity index (χ2v) is 7.10. The number of rotatable bonds is 5. The van der Waals surface area contributed by atoms with E-state index in [4.69, 9.17) is 14.2 Å². The molecule has 0 saturated carbocycles. The molecule has 0 bridgehead atoms. The molecular weight excluding hydrogens is 384 g/mol. The molecular formula is C22H24N4O4. The van der Waals surface area contributed by atoms with Crippen LogP contribution in [0.2, 0.25) is 0 Å². The average molecular weight is 408 g/mol. The summed E-state index contributed by atoms with van der Waals surface area (Å²) in [6.45, 7) is 2.02. The molecule has 156 valence electrons. The number of benzene rings is 2. The van der Waals surface area contributed by atoms with Gasteiger partial charge < -0.3 is 14.2 Å². The fraction of sp³-hybridized carbons (Fsp3) is 0.318. The average Bonchev–Trinajstić information content (AvgIpc) is 3.27. The van der Waals surface area contributed by atoms with Crippen LogP contribution in [0.15, 0.2) is 48.8 Å². The minimum absolute atomic E-state index is 0.0164. The smallest absolute Gasteiger partial charge is 0.261 e. The summed E-state index contributed by atoms with van der Waals surface area (Å²) in [5, 5.41) is 4.41. The lowest BCUT2D eigenvalue weighted by atomic mass is 9.97. The first kappa shape index (κ1) is 19.8. The van der Waals surface area contributed by atoms with Gasteiger partial charge in [0.05, 0.1) is 27.4 Å². The third kappa shape index (κ3) is 3.24. The van der Waals surface area contributed by atoms with Crippen LogP contribution in [0.5, 0.6) is 17.2 Å². The molecule has 0 fully saturated rings. The normalized spacial score (nSPS) is 17.9. The van der Waals surface area contributed by atoms with E-state index in [-0.39, 0.29) is 18.0 Å². The number of carbonyl (C=O) groups is 1. The van der Waals surface area contributed by atoms with Gasteiger partial charge in [-0.25, -0.2) is 4.68 Å². The van der Waals surface area contributed by atoms with Gasteiger partial charge in [-0.15, -0.1) is 0 Å². The summed E-state index contributed by atoms with van der Waals surface area (Å²) in [4.78, 5) is 19.6. The Morgan fingerprint density at radius 2 is 1.70 bits per heavy atom. The van der Waals surface area contributed by atoms with Crippen LogP contribution in [-0.2, 0) is 0 Å². The first-order chi connectivity index (χ1) is 14.6. The van der Waals surface area contributed by atoms with Gasteiger partial charge in [-0.05, 0) is 31.0 Å². The molecule has 2 unspecified atom stereocenters. The maximum absolute atomic E-state index is 13.5. The summed E-state index contributed by atoms with van der Waals surface area (Å²) in [5.41, 5.74) is 1.56. The van der Waals surface area contributed by atoms with E-state index < -0.39 is 0 Å². The Labute approximate surface area is 175 Å². The fourth-order valence-electron chi connectivity index (χ4n) is 3.95. The van der Waals surface area contributed by atoms with Gasteiger partial charge in [0.15, 0.2) is 11.5 Å². The first-order valence-corrected chi connectivity index (χ1v) is 9.67. The highest BCUT2D eigenvalue weighted by atomic mass is 16.5. The first-order valence-electron chi connectivity index (χ1n) is 9.67. The second-order valence-electron chi connectivity index (χ2n) is 7.10. The van der Waals surface area contributed by atoms with Crippen LogP contribution in [0.25, 0.3) is 0 Å². The SMILES string of the molecule is COc1cc(C(=O)N2c3ncnn3C(c3ccccc3)CC2C)cc(OC)c1OC. The molecule has 2 heterocycles. The van der Waals surface area contributed by atoms with Crippen molar-refractivity contribution in [1.29, 1.82) is 0 Å². The molecule has 8 heteroatoms. The number of ether oxygens (including phenoxy) is 3. The van der Waals surface area contributed by atoms with Crippen molar-refractivity contribution < 1.29 is 19.0 Å². The number of hydrogen-bond donors (Lipinski definition) is 0. The Hall–Kier alpha value is -3.55. The summed E-state index contributed by atoms with van der Waals surface area (Å²) >= 11 is 0. The van der Waals surface area contributed by atoms with Crippen molar-refractivity contribution >= 4 is 11.9 Å². The lowest BCUT2D eigenvalue weighted by Crippen LogP contribution is -2.46. The topological polar surface area (TPSA) is 78.7 Å². The lowest BCUT2D eigenvalue weighted by Gasteiger charge is -2.37. The lowest BCUT2D eigenvalue weighted by molar-refractivity contribution is 0.0965. The molecule has 2 aromatic carbocycles. The molecule has 1 aliphatic rings. The highest BCUT2D eigenvalue weighted by Gasteiger charge is 2.37. The summed E-state index contributed by atoms with van der Waals surface area (Å²) in [7, 11) is 4.58. The Bertz CT molecular complexity index is 1030. The van der Waals surface area contributed by atoms with Crippen LogP contribution in [0.1, 0.15) is 35.3 Å². The van der Waals surface area contributed by atoms with Gasteiger partial charge in [-0.1, -0.05) is 30.3 Å². The number of anilines is 1. The van der Waals surface area contributed by atoms with Crippen LogP contribution >= 0.6 is 0 Å². The molecule has 1 amide bonds. The molecule has 0 spiro atoms. The third-order valence-corrected chi connectivity index (χ3v) is 5.38. The van der Waals surface area contributed by atoms with Gasteiger partial charge >= 0.3 is 0 Å². The van der Waals surface area contributed by atoms with Gasteiger partial charge in [0.1, 0.15) is 6.33 Å². The van der Waals surface area contributed by atoms with E-state index >= 15 is 0 Å². The molecule has 1 aliphatic heterocycles. The molecule has 0 N–H and O–H groups in total. The molecule has 1 aromatic heterocycles. The van der Waals surface area contributed by atoms with Gasteiger partial charge in [0, 0.05) is 11.6 Å². The molecule has 8 nitrogen and oxygen atoms in total. The Balaban J connectivity index is 1.75. The monoisotopic (exact) mass is 408 g/mol. The maximum Gasteiger partial charge on any atom is 0.261 e. The number of carbonyl (C=O) groups excluding carboxylic acids is 1. The quantitative estimate of drug-likeness (QED) is 0.644. The summed E-state index contributed by atoms with van der Waals surface area (Å²) in [6.07, 6.45) is 2.20. The van der Waals surface area contributed by atoms with E-state index in [0.717, 1.165) is 12.0 Å². The van der Waals surface area contributed by atoms with Gasteiger partial charge in [-0.3, -0.25) is 9.69 Å². The molecule has 4 rings (SSSR count). The van der Waals surface area contributed by atoms with E-state index in [1.54, 1.807) is 17.0 Å². The molecule has 2 atom stereocenters. The van der Waals surface area contributed by atoms with E-state index in [2.05, 4.69) is 22.2 Å². The molecule has 30 heavy (non-hydrogen) atoms. The fourth-order valence-corrected chi connectivity index (χ4v) is 3.95. The van der Waals surface area contributed by atoms with Crippen molar-refractivity contribution in [3.05, 3.63) is 59.9 Å². The van der Waals surface area contributed by atoms with Crippen LogP contribution in [0.3, 0.4) is 0 Å². The van der Waals surface area contributed by atoms with Gasteiger partial charge in [0.2, 0.25) is 11.7 Å². The second kappa shape index (κ2) is 8.06. The highest BCUT2D eigenvalue weighted by Crippen LogP contribution is 2.40. The molecule has 0 aliphatic carbocycles. The largest absolute Gasteiger partial charge is 0.493 e. The Morgan fingerprint density at radius 3 is 2.30 bits per heavy atom. The Kier molecular flexibility index (Phi) is 5.31. The number of methoxy groups -OCH3 is 3. The van der Waals surface area contributed by atoms with Crippen LogP contribution < -0.4 is 19.1 Å². The highest BCUT2D eigenvalue weighted by molar-refractivity contribution is 6.06. The van der Waals surface area contributed by atoms with Crippen molar-refractivity contribution in [2.24, 2.45) is 0 Å². The predicted octanol–water partition coefficient (Wildman–Crippen LogP) is 3.33. The molecule has 0 saturated heterocycles. The number of nitrogens with zero attached hydrogens (tertiary/aromatic N) is 4. The van der Waals surface area contributed by atoms with Gasteiger partial charge in [-0.2, -0.15) is 10.1 Å². The van der Waals surface area contributed by atoms with Crippen molar-refractivity contribution in [3.8, 4) is 17.2 Å². The van der Waals surface area contributed by atoms with Crippen molar-refractivity contribution in [2.45, 2.75) is 25.4 Å². The van der Waals surface area contributed by atoms with Crippen molar-refractivity contribution in [3.63, 3.8) is 0 Å². The number of aromatic nitrogens is 3. The minimum Gasteiger partial charge on any atom is -0.493 e. The maximum atomic E-state index is 13.5. The third-order valence-electron chi connectivity index (χ3n) is 5.38. The van der Waals surface area contributed by atoms with Crippen LogP contribution in [0, 0.1) is 0 Å². The zero-order chi connectivity index (χ0) is 21.3. The van der Waals surface area contributed by atoms with Crippen LogP contribution in [0.4, 0.5) is 5.95 Å². The minimum atomic E-state index is -0.206. The number of fused-ring (bicyclic) bond motifs is 1. The molecule has 0 radical (unpaired) electrons. The van der Waals surface area contributed by atoms with Crippen molar-refractivity contribution in [1.82, 2.24) is 14.8 Å². The zero-order valence-corrected chi connectivity index (χ0v) is 17.4. The van der Waals surface area contributed by atoms with Gasteiger partial charge in [0.25, 0.3) is 5.91 Å². The predicted molar refractivity (Wildman–Crippen MR) is 112 cm³/mol. The number of hydrogen-bond acceptors (Lipinski definition) is 6.